The van der Waals surface area contributed by atoms with E-state index in [0.29, 0.717) is 23.1 Å². The molecule has 2 heterocycles. The summed E-state index contributed by atoms with van der Waals surface area (Å²) in [4.78, 5) is 20.5. The third kappa shape index (κ3) is 6.36. The number of rotatable bonds is 8. The molecule has 0 bridgehead atoms. The monoisotopic (exact) mass is 393 g/mol. The van der Waals surface area contributed by atoms with Crippen LogP contribution in [0.4, 0.5) is 0 Å². The van der Waals surface area contributed by atoms with Crippen LogP contribution >= 0.6 is 11.6 Å². The van der Waals surface area contributed by atoms with Crippen molar-refractivity contribution in [2.45, 2.75) is 52.6 Å². The SMILES string of the molecule is C=C(Cc1nc(-c2ncc(OCCCC)cc2Cl)no1)C(=O)OC(C)(C)C. The van der Waals surface area contributed by atoms with Gasteiger partial charge in [-0.15, -0.1) is 0 Å². The van der Waals surface area contributed by atoms with Crippen LogP contribution in [-0.2, 0) is 16.0 Å². The largest absolute Gasteiger partial charge is 0.492 e. The maximum absolute atomic E-state index is 12.0. The molecule has 0 atom stereocenters. The van der Waals surface area contributed by atoms with Gasteiger partial charge in [-0.3, -0.25) is 0 Å². The van der Waals surface area contributed by atoms with Crippen molar-refractivity contribution in [3.8, 4) is 17.3 Å². The molecule has 7 nitrogen and oxygen atoms in total. The van der Waals surface area contributed by atoms with Crippen LogP contribution in [0.2, 0.25) is 5.02 Å². The second-order valence-corrected chi connectivity index (χ2v) is 7.40. The third-order valence-electron chi connectivity index (χ3n) is 3.31. The summed E-state index contributed by atoms with van der Waals surface area (Å²) in [6.45, 7) is 11.8. The fourth-order valence-electron chi connectivity index (χ4n) is 2.03. The van der Waals surface area contributed by atoms with E-state index >= 15 is 0 Å². The van der Waals surface area contributed by atoms with Crippen LogP contribution in [-0.4, -0.2) is 33.3 Å². The van der Waals surface area contributed by atoms with E-state index in [2.05, 4.69) is 28.6 Å². The molecule has 2 rings (SSSR count). The number of carbonyl (C=O) groups is 1. The Bertz CT molecular complexity index is 812. The van der Waals surface area contributed by atoms with Gasteiger partial charge in [-0.2, -0.15) is 4.98 Å². The highest BCUT2D eigenvalue weighted by molar-refractivity contribution is 6.33. The standard InChI is InChI=1S/C19H24ClN3O4/c1-6-7-8-25-13-10-14(20)16(21-11-13)17-22-15(27-23-17)9-12(2)18(24)26-19(3,4)5/h10-11H,2,6-9H2,1,3-5H3. The zero-order chi connectivity index (χ0) is 20.0. The van der Waals surface area contributed by atoms with Crippen molar-refractivity contribution in [3.63, 3.8) is 0 Å². The van der Waals surface area contributed by atoms with Crippen molar-refractivity contribution in [2.24, 2.45) is 0 Å². The molecule has 0 N–H and O–H groups in total. The Labute approximate surface area is 163 Å². The first-order valence-electron chi connectivity index (χ1n) is 8.72. The van der Waals surface area contributed by atoms with Gasteiger partial charge in [-0.05, 0) is 27.2 Å². The lowest BCUT2D eigenvalue weighted by Crippen LogP contribution is -2.25. The van der Waals surface area contributed by atoms with Crippen molar-refractivity contribution in [2.75, 3.05) is 6.61 Å². The number of carbonyl (C=O) groups excluding carboxylic acids is 1. The van der Waals surface area contributed by atoms with Gasteiger partial charge < -0.3 is 14.0 Å². The van der Waals surface area contributed by atoms with Crippen molar-refractivity contribution in [1.29, 1.82) is 0 Å². The van der Waals surface area contributed by atoms with E-state index in [0.717, 1.165) is 12.8 Å². The Hall–Kier alpha value is -2.41. The lowest BCUT2D eigenvalue weighted by Gasteiger charge is -2.19. The van der Waals surface area contributed by atoms with Gasteiger partial charge in [0.15, 0.2) is 0 Å². The average molecular weight is 394 g/mol. The topological polar surface area (TPSA) is 87.3 Å². The summed E-state index contributed by atoms with van der Waals surface area (Å²) in [5.74, 6) is 0.528. The predicted octanol–water partition coefficient (Wildman–Crippen LogP) is 4.40. The molecule has 0 radical (unpaired) electrons. The average Bonchev–Trinajstić information content (AvgIpc) is 3.01. The van der Waals surface area contributed by atoms with Crippen molar-refractivity contribution < 1.29 is 18.8 Å². The molecule has 0 aliphatic carbocycles. The molecule has 27 heavy (non-hydrogen) atoms. The highest BCUT2D eigenvalue weighted by atomic mass is 35.5. The molecule has 0 spiro atoms. The Kier molecular flexibility index (Phi) is 6.96. The van der Waals surface area contributed by atoms with Crippen molar-refractivity contribution >= 4 is 17.6 Å². The highest BCUT2D eigenvalue weighted by Crippen LogP contribution is 2.27. The summed E-state index contributed by atoms with van der Waals surface area (Å²) in [5.41, 5.74) is -0.00505. The van der Waals surface area contributed by atoms with Gasteiger partial charge in [0.1, 0.15) is 17.0 Å². The molecule has 0 aliphatic heterocycles. The fraction of sp³-hybridized carbons (Fsp3) is 0.474. The van der Waals surface area contributed by atoms with E-state index < -0.39 is 11.6 Å². The number of pyridine rings is 1. The van der Waals surface area contributed by atoms with Crippen LogP contribution in [0.15, 0.2) is 28.9 Å². The molecule has 2 aromatic heterocycles. The number of esters is 1. The van der Waals surface area contributed by atoms with Crippen LogP contribution in [0.25, 0.3) is 11.5 Å². The molecule has 0 aliphatic rings. The number of halogens is 1. The minimum atomic E-state index is -0.599. The number of unbranched alkanes of at least 4 members (excludes halogenated alkanes) is 1. The number of nitrogens with zero attached hydrogens (tertiary/aromatic N) is 3. The lowest BCUT2D eigenvalue weighted by molar-refractivity contribution is -0.150. The molecule has 0 aromatic carbocycles. The summed E-state index contributed by atoms with van der Waals surface area (Å²) in [5, 5.41) is 4.22. The zero-order valence-corrected chi connectivity index (χ0v) is 16.8. The van der Waals surface area contributed by atoms with Crippen molar-refractivity contribution in [1.82, 2.24) is 15.1 Å². The van der Waals surface area contributed by atoms with Crippen LogP contribution in [0.1, 0.15) is 46.4 Å². The molecule has 0 saturated heterocycles. The summed E-state index contributed by atoms with van der Waals surface area (Å²) in [7, 11) is 0. The van der Waals surface area contributed by atoms with Gasteiger partial charge in [0.2, 0.25) is 11.7 Å². The molecule has 2 aromatic rings. The first-order chi connectivity index (χ1) is 12.7. The van der Waals surface area contributed by atoms with Gasteiger partial charge in [0.05, 0.1) is 24.2 Å². The Morgan fingerprint density at radius 2 is 2.11 bits per heavy atom. The quantitative estimate of drug-likeness (QED) is 0.373. The maximum atomic E-state index is 12.0. The predicted molar refractivity (Wildman–Crippen MR) is 102 cm³/mol. The van der Waals surface area contributed by atoms with Gasteiger partial charge in [-0.1, -0.05) is 36.7 Å². The normalized spacial score (nSPS) is 11.3. The number of aromatic nitrogens is 3. The second kappa shape index (κ2) is 8.99. The third-order valence-corrected chi connectivity index (χ3v) is 3.60. The van der Waals surface area contributed by atoms with E-state index in [1.807, 2.05) is 0 Å². The number of ether oxygens (including phenoxy) is 2. The molecule has 0 fully saturated rings. The molecule has 0 unspecified atom stereocenters. The minimum Gasteiger partial charge on any atom is -0.492 e. The van der Waals surface area contributed by atoms with E-state index in [9.17, 15) is 4.79 Å². The molecule has 8 heteroatoms. The Morgan fingerprint density at radius 3 is 2.74 bits per heavy atom. The van der Waals surface area contributed by atoms with Crippen molar-refractivity contribution in [3.05, 3.63) is 35.3 Å². The van der Waals surface area contributed by atoms with Crippen LogP contribution in [0, 0.1) is 0 Å². The zero-order valence-electron chi connectivity index (χ0n) is 16.0. The Balaban J connectivity index is 2.04. The Morgan fingerprint density at radius 1 is 1.37 bits per heavy atom. The summed E-state index contributed by atoms with van der Waals surface area (Å²) >= 11 is 6.26. The van der Waals surface area contributed by atoms with Crippen LogP contribution in [0.5, 0.6) is 5.75 Å². The summed E-state index contributed by atoms with van der Waals surface area (Å²) in [6, 6.07) is 1.66. The molecule has 146 valence electrons. The van der Waals surface area contributed by atoms with Gasteiger partial charge in [-0.25, -0.2) is 9.78 Å². The molecular formula is C19H24ClN3O4. The van der Waals surface area contributed by atoms with Gasteiger partial charge in [0, 0.05) is 11.6 Å². The minimum absolute atomic E-state index is 0.0811. The molecule has 0 amide bonds. The fourth-order valence-corrected chi connectivity index (χ4v) is 2.27. The second-order valence-electron chi connectivity index (χ2n) is 7.00. The summed E-state index contributed by atoms with van der Waals surface area (Å²) < 4.78 is 16.0. The van der Waals surface area contributed by atoms with Gasteiger partial charge >= 0.3 is 5.97 Å². The number of hydrogen-bond donors (Lipinski definition) is 0. The maximum Gasteiger partial charge on any atom is 0.334 e. The smallest absolute Gasteiger partial charge is 0.334 e. The first kappa shape index (κ1) is 20.9. The molecule has 0 saturated carbocycles. The number of hydrogen-bond acceptors (Lipinski definition) is 7. The highest BCUT2D eigenvalue weighted by Gasteiger charge is 2.21. The van der Waals surface area contributed by atoms with E-state index in [1.54, 1.807) is 33.0 Å². The van der Waals surface area contributed by atoms with E-state index in [4.69, 9.17) is 25.6 Å². The van der Waals surface area contributed by atoms with Crippen LogP contribution < -0.4 is 4.74 Å². The lowest BCUT2D eigenvalue weighted by atomic mass is 10.1. The first-order valence-corrected chi connectivity index (χ1v) is 9.10. The molecular weight excluding hydrogens is 370 g/mol. The van der Waals surface area contributed by atoms with Crippen LogP contribution in [0.3, 0.4) is 0 Å². The van der Waals surface area contributed by atoms with E-state index in [1.165, 1.54) is 0 Å². The summed E-state index contributed by atoms with van der Waals surface area (Å²) in [6.07, 6.45) is 3.64. The van der Waals surface area contributed by atoms with Gasteiger partial charge in [0.25, 0.3) is 0 Å². The van der Waals surface area contributed by atoms with E-state index in [-0.39, 0.29) is 23.7 Å².